The Bertz CT molecular complexity index is 886. The highest BCUT2D eigenvalue weighted by atomic mass is 127. The maximum atomic E-state index is 13.2. The van der Waals surface area contributed by atoms with Crippen LogP contribution >= 0.6 is 24.0 Å². The third-order valence-electron chi connectivity index (χ3n) is 5.27. The van der Waals surface area contributed by atoms with Gasteiger partial charge in [0.1, 0.15) is 11.6 Å². The highest BCUT2D eigenvalue weighted by Crippen LogP contribution is 2.17. The third kappa shape index (κ3) is 7.92. The number of aliphatic imine (C=N–C) groups is 1. The average molecular weight is 557 g/mol. The van der Waals surface area contributed by atoms with E-state index >= 15 is 0 Å². The lowest BCUT2D eigenvalue weighted by Crippen LogP contribution is -2.49. The van der Waals surface area contributed by atoms with Gasteiger partial charge in [0.2, 0.25) is 5.91 Å². The molecule has 1 saturated heterocycles. The van der Waals surface area contributed by atoms with Crippen molar-refractivity contribution in [2.75, 3.05) is 51.2 Å². The number of halogens is 3. The summed E-state index contributed by atoms with van der Waals surface area (Å²) in [7, 11) is 1.67. The highest BCUT2D eigenvalue weighted by molar-refractivity contribution is 14.0. The van der Waals surface area contributed by atoms with Crippen molar-refractivity contribution in [2.24, 2.45) is 4.99 Å². The zero-order valence-corrected chi connectivity index (χ0v) is 20.5. The van der Waals surface area contributed by atoms with Crippen molar-refractivity contribution in [2.45, 2.75) is 12.8 Å². The lowest BCUT2D eigenvalue weighted by atomic mass is 10.1. The maximum Gasteiger partial charge on any atom is 0.224 e. The molecule has 0 atom stereocenters. The van der Waals surface area contributed by atoms with Crippen LogP contribution in [0, 0.1) is 11.6 Å². The van der Waals surface area contributed by atoms with Crippen LogP contribution in [0.15, 0.2) is 53.5 Å². The van der Waals surface area contributed by atoms with Crippen LogP contribution in [0.3, 0.4) is 0 Å². The molecule has 2 N–H and O–H groups in total. The van der Waals surface area contributed by atoms with Crippen LogP contribution < -0.4 is 15.5 Å². The van der Waals surface area contributed by atoms with Gasteiger partial charge in [-0.15, -0.1) is 24.0 Å². The van der Waals surface area contributed by atoms with E-state index in [1.54, 1.807) is 25.2 Å². The SMILES string of the molecule is CN=C(NCCC(=O)N1CCN(c2ccc(F)cc2)CC1)NCCc1cccc(F)c1.I. The van der Waals surface area contributed by atoms with E-state index in [4.69, 9.17) is 0 Å². The van der Waals surface area contributed by atoms with Crippen molar-refractivity contribution in [3.05, 3.63) is 65.7 Å². The molecule has 1 fully saturated rings. The number of anilines is 1. The lowest BCUT2D eigenvalue weighted by molar-refractivity contribution is -0.131. The molecule has 2 aromatic carbocycles. The molecule has 32 heavy (non-hydrogen) atoms. The van der Waals surface area contributed by atoms with Gasteiger partial charge in [0.05, 0.1) is 0 Å². The summed E-state index contributed by atoms with van der Waals surface area (Å²) >= 11 is 0. The van der Waals surface area contributed by atoms with Crippen molar-refractivity contribution in [1.29, 1.82) is 0 Å². The second-order valence-electron chi connectivity index (χ2n) is 7.40. The largest absolute Gasteiger partial charge is 0.368 e. The van der Waals surface area contributed by atoms with Gasteiger partial charge in [-0.3, -0.25) is 9.79 Å². The number of nitrogens with zero attached hydrogens (tertiary/aromatic N) is 3. The summed E-state index contributed by atoms with van der Waals surface area (Å²) in [6.45, 7) is 3.86. The number of guanidine groups is 1. The molecule has 2 aromatic rings. The molecule has 0 saturated carbocycles. The number of rotatable bonds is 7. The first-order chi connectivity index (χ1) is 15.0. The van der Waals surface area contributed by atoms with Crippen molar-refractivity contribution in [3.63, 3.8) is 0 Å². The molecule has 0 radical (unpaired) electrons. The predicted molar refractivity (Wildman–Crippen MR) is 135 cm³/mol. The van der Waals surface area contributed by atoms with Gasteiger partial charge < -0.3 is 20.4 Å². The summed E-state index contributed by atoms with van der Waals surface area (Å²) in [4.78, 5) is 20.7. The van der Waals surface area contributed by atoms with Gasteiger partial charge in [-0.25, -0.2) is 8.78 Å². The molecule has 1 amide bonds. The minimum Gasteiger partial charge on any atom is -0.368 e. The standard InChI is InChI=1S/C23H29F2N5O.HI/c1-26-23(27-11-9-18-3-2-4-20(25)17-18)28-12-10-22(31)30-15-13-29(14-16-30)21-7-5-19(24)6-8-21;/h2-8,17H,9-16H2,1H3,(H2,26,27,28);1H. The molecular formula is C23H30F2IN5O. The van der Waals surface area contributed by atoms with Crippen molar-refractivity contribution >= 4 is 41.5 Å². The first kappa shape index (κ1) is 25.8. The van der Waals surface area contributed by atoms with E-state index in [0.717, 1.165) is 24.3 Å². The molecule has 0 unspecified atom stereocenters. The quantitative estimate of drug-likeness (QED) is 0.313. The smallest absolute Gasteiger partial charge is 0.224 e. The fourth-order valence-electron chi connectivity index (χ4n) is 3.55. The summed E-state index contributed by atoms with van der Waals surface area (Å²) in [6, 6.07) is 13.0. The Kier molecular flexibility index (Phi) is 10.6. The first-order valence-corrected chi connectivity index (χ1v) is 10.5. The van der Waals surface area contributed by atoms with Gasteiger partial charge >= 0.3 is 0 Å². The van der Waals surface area contributed by atoms with Gasteiger partial charge in [-0.2, -0.15) is 0 Å². The Hall–Kier alpha value is -2.43. The van der Waals surface area contributed by atoms with Gasteiger partial charge in [0.25, 0.3) is 0 Å². The van der Waals surface area contributed by atoms with Crippen molar-refractivity contribution in [1.82, 2.24) is 15.5 Å². The second-order valence-corrected chi connectivity index (χ2v) is 7.40. The minimum atomic E-state index is -0.247. The Morgan fingerprint density at radius 2 is 1.66 bits per heavy atom. The molecule has 0 spiro atoms. The monoisotopic (exact) mass is 557 g/mol. The van der Waals surface area contributed by atoms with E-state index in [1.165, 1.54) is 24.3 Å². The summed E-state index contributed by atoms with van der Waals surface area (Å²) in [5.41, 5.74) is 1.89. The molecule has 0 aliphatic carbocycles. The van der Waals surface area contributed by atoms with Crippen LogP contribution in [-0.4, -0.2) is 63.1 Å². The second kappa shape index (κ2) is 13.2. The van der Waals surface area contributed by atoms with E-state index in [-0.39, 0.29) is 41.5 Å². The van der Waals surface area contributed by atoms with Crippen LogP contribution in [0.1, 0.15) is 12.0 Å². The first-order valence-electron chi connectivity index (χ1n) is 10.5. The third-order valence-corrected chi connectivity index (χ3v) is 5.27. The number of benzene rings is 2. The average Bonchev–Trinajstić information content (AvgIpc) is 2.78. The number of carbonyl (C=O) groups excluding carboxylic acids is 1. The Balaban J connectivity index is 0.00000363. The van der Waals surface area contributed by atoms with Crippen LogP contribution in [0.25, 0.3) is 0 Å². The van der Waals surface area contributed by atoms with E-state index in [9.17, 15) is 13.6 Å². The number of amides is 1. The molecular weight excluding hydrogens is 527 g/mol. The Morgan fingerprint density at radius 3 is 2.31 bits per heavy atom. The Morgan fingerprint density at radius 1 is 0.969 bits per heavy atom. The number of hydrogen-bond acceptors (Lipinski definition) is 3. The van der Waals surface area contributed by atoms with Gasteiger partial charge in [0, 0.05) is 58.4 Å². The number of piperazine rings is 1. The molecule has 174 valence electrons. The lowest BCUT2D eigenvalue weighted by Gasteiger charge is -2.36. The molecule has 3 rings (SSSR count). The molecule has 6 nitrogen and oxygen atoms in total. The zero-order chi connectivity index (χ0) is 22.1. The van der Waals surface area contributed by atoms with Crippen molar-refractivity contribution < 1.29 is 13.6 Å². The topological polar surface area (TPSA) is 60.0 Å². The van der Waals surface area contributed by atoms with E-state index in [1.807, 2.05) is 11.0 Å². The summed E-state index contributed by atoms with van der Waals surface area (Å²) in [5, 5.41) is 6.33. The van der Waals surface area contributed by atoms with Crippen LogP contribution in [0.2, 0.25) is 0 Å². The van der Waals surface area contributed by atoms with E-state index in [0.29, 0.717) is 45.0 Å². The van der Waals surface area contributed by atoms with E-state index < -0.39 is 0 Å². The molecule has 1 aliphatic rings. The normalized spacial score (nSPS) is 14.0. The Labute approximate surface area is 205 Å². The molecule has 1 aliphatic heterocycles. The fourth-order valence-corrected chi connectivity index (χ4v) is 3.55. The molecule has 9 heteroatoms. The maximum absolute atomic E-state index is 13.2. The van der Waals surface area contributed by atoms with Gasteiger partial charge in [-0.1, -0.05) is 12.1 Å². The van der Waals surface area contributed by atoms with Crippen LogP contribution in [-0.2, 0) is 11.2 Å². The van der Waals surface area contributed by atoms with Gasteiger partial charge in [0.15, 0.2) is 5.96 Å². The number of nitrogens with one attached hydrogen (secondary N) is 2. The zero-order valence-electron chi connectivity index (χ0n) is 18.2. The molecule has 0 aromatic heterocycles. The van der Waals surface area contributed by atoms with Crippen LogP contribution in [0.5, 0.6) is 0 Å². The van der Waals surface area contributed by atoms with Crippen molar-refractivity contribution in [3.8, 4) is 0 Å². The van der Waals surface area contributed by atoms with Gasteiger partial charge in [-0.05, 0) is 48.4 Å². The number of hydrogen-bond donors (Lipinski definition) is 2. The minimum absolute atomic E-state index is 0. The molecule has 1 heterocycles. The van der Waals surface area contributed by atoms with E-state index in [2.05, 4.69) is 20.5 Å². The molecule has 0 bridgehead atoms. The summed E-state index contributed by atoms with van der Waals surface area (Å²) in [6.07, 6.45) is 1.05. The highest BCUT2D eigenvalue weighted by Gasteiger charge is 2.21. The summed E-state index contributed by atoms with van der Waals surface area (Å²) in [5.74, 6) is 0.229. The van der Waals surface area contributed by atoms with Crippen LogP contribution in [0.4, 0.5) is 14.5 Å². The predicted octanol–water partition coefficient (Wildman–Crippen LogP) is 3.03. The summed E-state index contributed by atoms with van der Waals surface area (Å²) < 4.78 is 26.3. The number of carbonyl (C=O) groups is 1. The fraction of sp³-hybridized carbons (Fsp3) is 0.391.